The van der Waals surface area contributed by atoms with E-state index in [4.69, 9.17) is 4.74 Å². The number of fused-ring (bicyclic) bond motifs is 1. The van der Waals surface area contributed by atoms with E-state index in [1.165, 1.54) is 4.31 Å². The van der Waals surface area contributed by atoms with Crippen molar-refractivity contribution in [1.29, 1.82) is 0 Å². The molecule has 1 heterocycles. The summed E-state index contributed by atoms with van der Waals surface area (Å²) in [5.74, 6) is 0.803. The van der Waals surface area contributed by atoms with Crippen LogP contribution in [0.2, 0.25) is 0 Å². The molecule has 1 unspecified atom stereocenters. The summed E-state index contributed by atoms with van der Waals surface area (Å²) in [5.41, 5.74) is 2.78. The van der Waals surface area contributed by atoms with Crippen LogP contribution in [0.15, 0.2) is 48.5 Å². The molecule has 0 saturated carbocycles. The largest absolute Gasteiger partial charge is 0.493 e. The second-order valence-corrected chi connectivity index (χ2v) is 7.92. The Labute approximate surface area is 137 Å². The van der Waals surface area contributed by atoms with Crippen molar-refractivity contribution in [2.75, 3.05) is 13.7 Å². The Morgan fingerprint density at radius 1 is 1.13 bits per heavy atom. The predicted octanol–water partition coefficient (Wildman–Crippen LogP) is 3.28. The van der Waals surface area contributed by atoms with Gasteiger partial charge in [-0.3, -0.25) is 0 Å². The Morgan fingerprint density at radius 2 is 1.83 bits per heavy atom. The van der Waals surface area contributed by atoms with Gasteiger partial charge >= 0.3 is 0 Å². The number of rotatable bonds is 4. The van der Waals surface area contributed by atoms with Crippen molar-refractivity contribution in [3.63, 3.8) is 0 Å². The van der Waals surface area contributed by atoms with Crippen molar-refractivity contribution in [3.8, 4) is 5.75 Å². The van der Waals surface area contributed by atoms with Gasteiger partial charge in [0.2, 0.25) is 10.0 Å². The molecule has 0 spiro atoms. The van der Waals surface area contributed by atoms with Crippen LogP contribution in [0.1, 0.15) is 29.2 Å². The van der Waals surface area contributed by atoms with Gasteiger partial charge in [0.1, 0.15) is 5.75 Å². The minimum Gasteiger partial charge on any atom is -0.493 e. The molecule has 3 rings (SSSR count). The zero-order valence-electron chi connectivity index (χ0n) is 13.4. The SMILES string of the molecule is Cc1ccccc1CS(=O)(=O)N(C)C1CCOc2ccccc21. The number of hydrogen-bond acceptors (Lipinski definition) is 3. The average molecular weight is 331 g/mol. The first-order valence-electron chi connectivity index (χ1n) is 7.71. The first-order chi connectivity index (χ1) is 11.0. The zero-order chi connectivity index (χ0) is 16.4. The molecule has 23 heavy (non-hydrogen) atoms. The van der Waals surface area contributed by atoms with Crippen LogP contribution in [0.5, 0.6) is 5.75 Å². The van der Waals surface area contributed by atoms with Crippen molar-refractivity contribution in [3.05, 3.63) is 65.2 Å². The summed E-state index contributed by atoms with van der Waals surface area (Å²) in [4.78, 5) is 0. The zero-order valence-corrected chi connectivity index (χ0v) is 14.2. The molecule has 0 N–H and O–H groups in total. The minimum atomic E-state index is -3.40. The minimum absolute atomic E-state index is 0.0235. The van der Waals surface area contributed by atoms with Gasteiger partial charge in [-0.2, -0.15) is 4.31 Å². The Hall–Kier alpha value is -1.85. The van der Waals surface area contributed by atoms with Crippen LogP contribution in [0.4, 0.5) is 0 Å². The molecule has 1 aliphatic heterocycles. The highest BCUT2D eigenvalue weighted by Crippen LogP contribution is 2.36. The van der Waals surface area contributed by atoms with Crippen LogP contribution in [-0.2, 0) is 15.8 Å². The van der Waals surface area contributed by atoms with E-state index in [9.17, 15) is 8.42 Å². The predicted molar refractivity (Wildman–Crippen MR) is 90.9 cm³/mol. The van der Waals surface area contributed by atoms with Gasteiger partial charge in [-0.1, -0.05) is 42.5 Å². The molecule has 0 amide bonds. The summed E-state index contributed by atoms with van der Waals surface area (Å²) < 4.78 is 32.8. The summed E-state index contributed by atoms with van der Waals surface area (Å²) in [5, 5.41) is 0. The van der Waals surface area contributed by atoms with Gasteiger partial charge in [-0.25, -0.2) is 8.42 Å². The number of ether oxygens (including phenoxy) is 1. The quantitative estimate of drug-likeness (QED) is 0.864. The number of nitrogens with zero attached hydrogens (tertiary/aromatic N) is 1. The van der Waals surface area contributed by atoms with Crippen molar-refractivity contribution in [2.45, 2.75) is 25.1 Å². The lowest BCUT2D eigenvalue weighted by molar-refractivity contribution is 0.220. The first-order valence-corrected chi connectivity index (χ1v) is 9.32. The average Bonchev–Trinajstić information content (AvgIpc) is 2.55. The number of benzene rings is 2. The molecule has 1 atom stereocenters. The lowest BCUT2D eigenvalue weighted by atomic mass is 10.0. The molecule has 2 aromatic rings. The fraction of sp³-hybridized carbons (Fsp3) is 0.333. The third kappa shape index (κ3) is 3.26. The number of hydrogen-bond donors (Lipinski definition) is 0. The van der Waals surface area contributed by atoms with Crippen LogP contribution in [0.25, 0.3) is 0 Å². The summed E-state index contributed by atoms with van der Waals surface area (Å²) in [6.07, 6.45) is 0.667. The van der Waals surface area contributed by atoms with Crippen molar-refractivity contribution in [2.24, 2.45) is 0 Å². The van der Waals surface area contributed by atoms with Gasteiger partial charge in [0, 0.05) is 19.0 Å². The molecular formula is C18H21NO3S. The standard InChI is InChI=1S/C18H21NO3S/c1-14-7-3-4-8-15(14)13-23(20,21)19(2)17-11-12-22-18-10-6-5-9-16(17)18/h3-10,17H,11-13H2,1-2H3. The first kappa shape index (κ1) is 16.0. The molecule has 2 aromatic carbocycles. The van der Waals surface area contributed by atoms with Crippen LogP contribution < -0.4 is 4.74 Å². The van der Waals surface area contributed by atoms with E-state index < -0.39 is 10.0 Å². The van der Waals surface area contributed by atoms with Crippen molar-refractivity contribution < 1.29 is 13.2 Å². The number of para-hydroxylation sites is 1. The maximum Gasteiger partial charge on any atom is 0.218 e. The summed E-state index contributed by atoms with van der Waals surface area (Å²) in [7, 11) is -1.73. The van der Waals surface area contributed by atoms with E-state index in [1.54, 1.807) is 7.05 Å². The Bertz CT molecular complexity index is 801. The second kappa shape index (κ2) is 6.34. The van der Waals surface area contributed by atoms with Gasteiger partial charge < -0.3 is 4.74 Å². The fourth-order valence-corrected chi connectivity index (χ4v) is 4.49. The van der Waals surface area contributed by atoms with E-state index in [2.05, 4.69) is 0 Å². The lowest BCUT2D eigenvalue weighted by Gasteiger charge is -2.32. The topological polar surface area (TPSA) is 46.6 Å². The highest BCUT2D eigenvalue weighted by molar-refractivity contribution is 7.88. The molecule has 0 bridgehead atoms. The Morgan fingerprint density at radius 3 is 2.61 bits per heavy atom. The lowest BCUT2D eigenvalue weighted by Crippen LogP contribution is -2.35. The van der Waals surface area contributed by atoms with E-state index in [-0.39, 0.29) is 11.8 Å². The van der Waals surface area contributed by atoms with E-state index in [0.29, 0.717) is 13.0 Å². The molecule has 0 saturated heterocycles. The fourth-order valence-electron chi connectivity index (χ4n) is 2.97. The molecule has 0 fully saturated rings. The number of sulfonamides is 1. The van der Waals surface area contributed by atoms with Crippen LogP contribution in [0.3, 0.4) is 0 Å². The van der Waals surface area contributed by atoms with Gasteiger partial charge in [0.15, 0.2) is 0 Å². The highest BCUT2D eigenvalue weighted by atomic mass is 32.2. The molecule has 1 aliphatic rings. The number of aryl methyl sites for hydroxylation is 1. The normalized spacial score (nSPS) is 17.6. The summed E-state index contributed by atoms with van der Waals surface area (Å²) >= 11 is 0. The molecular weight excluding hydrogens is 310 g/mol. The van der Waals surface area contributed by atoms with Gasteiger partial charge in [-0.05, 0) is 24.1 Å². The van der Waals surface area contributed by atoms with Gasteiger partial charge in [0.05, 0.1) is 18.4 Å². The van der Waals surface area contributed by atoms with Gasteiger partial charge in [0.25, 0.3) is 0 Å². The molecule has 122 valence electrons. The van der Waals surface area contributed by atoms with Crippen LogP contribution in [-0.4, -0.2) is 26.4 Å². The third-order valence-corrected chi connectivity index (χ3v) is 6.21. The van der Waals surface area contributed by atoms with E-state index in [1.807, 2.05) is 55.5 Å². The van der Waals surface area contributed by atoms with E-state index in [0.717, 1.165) is 22.4 Å². The smallest absolute Gasteiger partial charge is 0.218 e. The molecule has 4 nitrogen and oxygen atoms in total. The monoisotopic (exact) mass is 331 g/mol. The van der Waals surface area contributed by atoms with Gasteiger partial charge in [-0.15, -0.1) is 0 Å². The second-order valence-electron chi connectivity index (χ2n) is 5.89. The Kier molecular flexibility index (Phi) is 4.41. The molecule has 0 aromatic heterocycles. The molecule has 0 aliphatic carbocycles. The van der Waals surface area contributed by atoms with Crippen molar-refractivity contribution >= 4 is 10.0 Å². The van der Waals surface area contributed by atoms with E-state index >= 15 is 0 Å². The maximum absolute atomic E-state index is 12.8. The van der Waals surface area contributed by atoms with Crippen LogP contribution >= 0.6 is 0 Å². The molecule has 0 radical (unpaired) electrons. The summed E-state index contributed by atoms with van der Waals surface area (Å²) in [6, 6.07) is 15.1. The maximum atomic E-state index is 12.8. The van der Waals surface area contributed by atoms with Crippen molar-refractivity contribution in [1.82, 2.24) is 4.31 Å². The summed E-state index contributed by atoms with van der Waals surface area (Å²) in [6.45, 7) is 2.47. The molecule has 5 heteroatoms. The van der Waals surface area contributed by atoms with Crippen LogP contribution in [0, 0.1) is 6.92 Å². The highest BCUT2D eigenvalue weighted by Gasteiger charge is 2.31. The Balaban J connectivity index is 1.88. The third-order valence-electron chi connectivity index (χ3n) is 4.40.